The Labute approximate surface area is 173 Å². The van der Waals surface area contributed by atoms with Gasteiger partial charge in [0.25, 0.3) is 0 Å². The van der Waals surface area contributed by atoms with Gasteiger partial charge >= 0.3 is 5.97 Å². The van der Waals surface area contributed by atoms with Gasteiger partial charge in [0.1, 0.15) is 5.00 Å². The van der Waals surface area contributed by atoms with Crippen LogP contribution >= 0.6 is 23.6 Å². The highest BCUT2D eigenvalue weighted by atomic mass is 32.1. The molecule has 8 heteroatoms. The van der Waals surface area contributed by atoms with Gasteiger partial charge in [-0.05, 0) is 61.2 Å². The molecule has 1 aliphatic rings. The van der Waals surface area contributed by atoms with E-state index in [4.69, 9.17) is 17.0 Å². The van der Waals surface area contributed by atoms with Crippen LogP contribution < -0.4 is 16.0 Å². The standard InChI is InChI=1S/C20H23N3O3S2/c1-11-7-8-15-16(9-11)28-18(17(15)19(25)26-3)23-20(27)22-14-6-4-5-13(10-14)21-12(2)24/h4-6,10-11H,7-9H2,1-3H3,(H,21,24)(H2,22,23,27). The van der Waals surface area contributed by atoms with Crippen LogP contribution in [0.3, 0.4) is 0 Å². The number of anilines is 3. The number of methoxy groups -OCH3 is 1. The number of carbonyl (C=O) groups excluding carboxylic acids is 2. The molecule has 1 heterocycles. The molecule has 28 heavy (non-hydrogen) atoms. The van der Waals surface area contributed by atoms with Crippen LogP contribution in [-0.4, -0.2) is 24.1 Å². The monoisotopic (exact) mass is 417 g/mol. The Balaban J connectivity index is 1.79. The van der Waals surface area contributed by atoms with Crippen LogP contribution in [0.15, 0.2) is 24.3 Å². The van der Waals surface area contributed by atoms with Crippen molar-refractivity contribution in [3.05, 3.63) is 40.3 Å². The molecular formula is C20H23N3O3S2. The fraction of sp³-hybridized carbons (Fsp3) is 0.350. The zero-order chi connectivity index (χ0) is 20.3. The Kier molecular flexibility index (Phi) is 6.31. The Bertz CT molecular complexity index is 923. The molecule has 3 rings (SSSR count). The number of hydrogen-bond donors (Lipinski definition) is 3. The number of fused-ring (bicyclic) bond motifs is 1. The van der Waals surface area contributed by atoms with Crippen molar-refractivity contribution < 1.29 is 14.3 Å². The molecule has 1 unspecified atom stereocenters. The fourth-order valence-corrected chi connectivity index (χ4v) is 4.99. The van der Waals surface area contributed by atoms with Gasteiger partial charge in [-0.15, -0.1) is 11.3 Å². The van der Waals surface area contributed by atoms with Gasteiger partial charge in [-0.25, -0.2) is 4.79 Å². The summed E-state index contributed by atoms with van der Waals surface area (Å²) in [5.41, 5.74) is 3.08. The average molecular weight is 418 g/mol. The number of esters is 1. The summed E-state index contributed by atoms with van der Waals surface area (Å²) in [7, 11) is 1.39. The summed E-state index contributed by atoms with van der Waals surface area (Å²) in [4.78, 5) is 24.8. The zero-order valence-corrected chi connectivity index (χ0v) is 17.7. The van der Waals surface area contributed by atoms with Gasteiger partial charge in [0, 0.05) is 23.2 Å². The van der Waals surface area contributed by atoms with Gasteiger partial charge in [0.05, 0.1) is 12.7 Å². The summed E-state index contributed by atoms with van der Waals surface area (Å²) < 4.78 is 5.00. The molecule has 0 spiro atoms. The first-order valence-corrected chi connectivity index (χ1v) is 10.3. The summed E-state index contributed by atoms with van der Waals surface area (Å²) in [6.45, 7) is 3.68. The molecule has 2 aromatic rings. The van der Waals surface area contributed by atoms with E-state index in [1.807, 2.05) is 12.1 Å². The van der Waals surface area contributed by atoms with E-state index in [1.165, 1.54) is 18.9 Å². The topological polar surface area (TPSA) is 79.5 Å². The van der Waals surface area contributed by atoms with Crippen molar-refractivity contribution >= 4 is 56.9 Å². The maximum absolute atomic E-state index is 12.4. The van der Waals surface area contributed by atoms with Crippen LogP contribution in [0.4, 0.5) is 16.4 Å². The second-order valence-corrected chi connectivity index (χ2v) is 8.40. The van der Waals surface area contributed by atoms with Gasteiger partial charge in [0.15, 0.2) is 5.11 Å². The van der Waals surface area contributed by atoms with Crippen LogP contribution in [0.5, 0.6) is 0 Å². The molecule has 0 bridgehead atoms. The summed E-state index contributed by atoms with van der Waals surface area (Å²) in [6.07, 6.45) is 2.90. The Morgan fingerprint density at radius 1 is 1.21 bits per heavy atom. The molecule has 3 N–H and O–H groups in total. The molecular weight excluding hydrogens is 394 g/mol. The average Bonchev–Trinajstić information content (AvgIpc) is 2.97. The zero-order valence-electron chi connectivity index (χ0n) is 16.0. The van der Waals surface area contributed by atoms with E-state index in [0.29, 0.717) is 27.3 Å². The normalized spacial score (nSPS) is 15.3. The maximum atomic E-state index is 12.4. The molecule has 1 amide bonds. The lowest BCUT2D eigenvalue weighted by Gasteiger charge is -2.18. The predicted octanol–water partition coefficient (Wildman–Crippen LogP) is 4.43. The number of nitrogens with one attached hydrogen (secondary N) is 3. The third-order valence-corrected chi connectivity index (χ3v) is 5.94. The summed E-state index contributed by atoms with van der Waals surface area (Å²) in [5, 5.41) is 10.1. The van der Waals surface area contributed by atoms with Crippen molar-refractivity contribution in [3.63, 3.8) is 0 Å². The van der Waals surface area contributed by atoms with Crippen molar-refractivity contribution in [1.82, 2.24) is 0 Å². The smallest absolute Gasteiger partial charge is 0.341 e. The highest BCUT2D eigenvalue weighted by Gasteiger charge is 2.28. The lowest BCUT2D eigenvalue weighted by molar-refractivity contribution is -0.114. The van der Waals surface area contributed by atoms with E-state index in [1.54, 1.807) is 23.5 Å². The van der Waals surface area contributed by atoms with Gasteiger partial charge in [-0.3, -0.25) is 4.79 Å². The second-order valence-electron chi connectivity index (χ2n) is 6.89. The van der Waals surface area contributed by atoms with Crippen molar-refractivity contribution in [1.29, 1.82) is 0 Å². The molecule has 148 valence electrons. The molecule has 0 saturated heterocycles. The Morgan fingerprint density at radius 2 is 1.93 bits per heavy atom. The molecule has 0 aliphatic heterocycles. The first kappa shape index (κ1) is 20.3. The molecule has 1 aromatic heterocycles. The van der Waals surface area contributed by atoms with Crippen LogP contribution in [0.1, 0.15) is 41.1 Å². The van der Waals surface area contributed by atoms with Crippen molar-refractivity contribution in [2.45, 2.75) is 33.1 Å². The van der Waals surface area contributed by atoms with E-state index < -0.39 is 0 Å². The van der Waals surface area contributed by atoms with Crippen molar-refractivity contribution in [3.8, 4) is 0 Å². The Morgan fingerprint density at radius 3 is 2.61 bits per heavy atom. The minimum absolute atomic E-state index is 0.140. The van der Waals surface area contributed by atoms with Crippen molar-refractivity contribution in [2.75, 3.05) is 23.1 Å². The van der Waals surface area contributed by atoms with Crippen LogP contribution in [0, 0.1) is 5.92 Å². The highest BCUT2D eigenvalue weighted by Crippen LogP contribution is 2.40. The number of rotatable bonds is 4. The third kappa shape index (κ3) is 4.69. The third-order valence-electron chi connectivity index (χ3n) is 4.57. The summed E-state index contributed by atoms with van der Waals surface area (Å²) >= 11 is 7.00. The number of carbonyl (C=O) groups is 2. The van der Waals surface area contributed by atoms with Gasteiger partial charge in [-0.2, -0.15) is 0 Å². The molecule has 0 fully saturated rings. The predicted molar refractivity (Wildman–Crippen MR) is 117 cm³/mol. The molecule has 6 nitrogen and oxygen atoms in total. The van der Waals surface area contributed by atoms with E-state index in [2.05, 4.69) is 22.9 Å². The molecule has 1 aromatic carbocycles. The summed E-state index contributed by atoms with van der Waals surface area (Å²) in [5.74, 6) is 0.120. The molecule has 0 radical (unpaired) electrons. The highest BCUT2D eigenvalue weighted by molar-refractivity contribution is 7.80. The maximum Gasteiger partial charge on any atom is 0.341 e. The molecule has 0 saturated carbocycles. The molecule has 1 aliphatic carbocycles. The van der Waals surface area contributed by atoms with Crippen LogP contribution in [0.2, 0.25) is 0 Å². The minimum Gasteiger partial charge on any atom is -0.465 e. The van der Waals surface area contributed by atoms with E-state index in [0.717, 1.165) is 30.5 Å². The number of thiocarbonyl (C=S) groups is 1. The second kappa shape index (κ2) is 8.70. The van der Waals surface area contributed by atoms with Crippen molar-refractivity contribution in [2.24, 2.45) is 5.92 Å². The number of amides is 1. The van der Waals surface area contributed by atoms with Gasteiger partial charge in [0.2, 0.25) is 5.91 Å². The number of ether oxygens (including phenoxy) is 1. The van der Waals surface area contributed by atoms with E-state index in [-0.39, 0.29) is 11.9 Å². The lowest BCUT2D eigenvalue weighted by atomic mass is 9.88. The fourth-order valence-electron chi connectivity index (χ4n) is 3.30. The minimum atomic E-state index is -0.343. The van der Waals surface area contributed by atoms with Gasteiger partial charge in [-0.1, -0.05) is 13.0 Å². The van der Waals surface area contributed by atoms with E-state index >= 15 is 0 Å². The number of thiophene rings is 1. The number of hydrogen-bond acceptors (Lipinski definition) is 5. The van der Waals surface area contributed by atoms with Crippen LogP contribution in [-0.2, 0) is 22.4 Å². The lowest BCUT2D eigenvalue weighted by Crippen LogP contribution is -2.20. The number of benzene rings is 1. The Hall–Kier alpha value is -2.45. The quantitative estimate of drug-likeness (QED) is 0.505. The van der Waals surface area contributed by atoms with Gasteiger partial charge < -0.3 is 20.7 Å². The largest absolute Gasteiger partial charge is 0.465 e. The van der Waals surface area contributed by atoms with Crippen LogP contribution in [0.25, 0.3) is 0 Å². The molecule has 1 atom stereocenters. The summed E-state index contributed by atoms with van der Waals surface area (Å²) in [6, 6.07) is 7.26. The van der Waals surface area contributed by atoms with E-state index in [9.17, 15) is 9.59 Å². The SMILES string of the molecule is COC(=O)c1c(NC(=S)Nc2cccc(NC(C)=O)c2)sc2c1CCC(C)C2. The first-order valence-electron chi connectivity index (χ1n) is 9.06. The first-order chi connectivity index (χ1) is 13.4.